The molecule has 1 heterocycles. The summed E-state index contributed by atoms with van der Waals surface area (Å²) in [6, 6.07) is 0.513. The van der Waals surface area contributed by atoms with E-state index in [9.17, 15) is 0 Å². The predicted octanol–water partition coefficient (Wildman–Crippen LogP) is 1.71. The molecule has 1 saturated carbocycles. The first-order valence-corrected chi connectivity index (χ1v) is 6.36. The Labute approximate surface area is 92.5 Å². The van der Waals surface area contributed by atoms with E-state index in [2.05, 4.69) is 12.2 Å². The van der Waals surface area contributed by atoms with Gasteiger partial charge in [0.15, 0.2) is 0 Å². The molecule has 0 amide bonds. The lowest BCUT2D eigenvalue weighted by Gasteiger charge is -2.37. The largest absolute Gasteiger partial charge is 0.379 e. The van der Waals surface area contributed by atoms with Gasteiger partial charge in [0.25, 0.3) is 0 Å². The minimum Gasteiger partial charge on any atom is -0.379 e. The van der Waals surface area contributed by atoms with Crippen LogP contribution >= 0.6 is 0 Å². The highest BCUT2D eigenvalue weighted by atomic mass is 16.5. The second-order valence-electron chi connectivity index (χ2n) is 4.65. The van der Waals surface area contributed by atoms with E-state index in [1.165, 1.54) is 25.7 Å². The van der Waals surface area contributed by atoms with Crippen molar-refractivity contribution in [2.75, 3.05) is 19.8 Å². The van der Waals surface area contributed by atoms with Crippen LogP contribution in [0.4, 0.5) is 0 Å². The maximum atomic E-state index is 6.05. The van der Waals surface area contributed by atoms with Gasteiger partial charge in [-0.2, -0.15) is 0 Å². The molecule has 0 radical (unpaired) electrons. The lowest BCUT2D eigenvalue weighted by molar-refractivity contribution is -0.119. The summed E-state index contributed by atoms with van der Waals surface area (Å²) in [5.74, 6) is 0. The molecule has 1 N–H and O–H groups in total. The van der Waals surface area contributed by atoms with E-state index in [1.807, 2.05) is 0 Å². The van der Waals surface area contributed by atoms with Crippen molar-refractivity contribution in [3.63, 3.8) is 0 Å². The highest BCUT2D eigenvalue weighted by molar-refractivity contribution is 4.83. The number of ether oxygens (including phenoxy) is 2. The number of nitrogens with one attached hydrogen (secondary N) is 1. The topological polar surface area (TPSA) is 30.5 Å². The molecule has 15 heavy (non-hydrogen) atoms. The van der Waals surface area contributed by atoms with Gasteiger partial charge in [0.2, 0.25) is 0 Å². The number of hydrogen-bond acceptors (Lipinski definition) is 3. The van der Waals surface area contributed by atoms with E-state index in [0.29, 0.717) is 12.1 Å². The molecule has 2 atom stereocenters. The Morgan fingerprint density at radius 1 is 1.33 bits per heavy atom. The van der Waals surface area contributed by atoms with Gasteiger partial charge in [0.1, 0.15) is 0 Å². The van der Waals surface area contributed by atoms with Gasteiger partial charge >= 0.3 is 0 Å². The maximum absolute atomic E-state index is 6.05. The first kappa shape index (κ1) is 11.4. The van der Waals surface area contributed by atoms with E-state index < -0.39 is 0 Å². The van der Waals surface area contributed by atoms with Crippen LogP contribution < -0.4 is 5.32 Å². The van der Waals surface area contributed by atoms with E-state index in [1.54, 1.807) is 0 Å². The standard InChI is InChI=1S/C12H23NO2/c1-2-7-13-11-6-8-14-9-12(11)15-10-4-3-5-10/h10-13H,2-9H2,1H3. The number of rotatable bonds is 5. The Balaban J connectivity index is 1.76. The van der Waals surface area contributed by atoms with Crippen LogP contribution in [0.1, 0.15) is 39.0 Å². The maximum Gasteiger partial charge on any atom is 0.0965 e. The molecule has 2 unspecified atom stereocenters. The zero-order chi connectivity index (χ0) is 10.5. The zero-order valence-electron chi connectivity index (χ0n) is 9.71. The summed E-state index contributed by atoms with van der Waals surface area (Å²) in [7, 11) is 0. The molecular formula is C12H23NO2. The summed E-state index contributed by atoms with van der Waals surface area (Å²) < 4.78 is 11.5. The third-order valence-electron chi connectivity index (χ3n) is 3.38. The molecule has 1 aliphatic heterocycles. The highest BCUT2D eigenvalue weighted by Crippen LogP contribution is 2.25. The first-order chi connectivity index (χ1) is 7.40. The second kappa shape index (κ2) is 5.83. The summed E-state index contributed by atoms with van der Waals surface area (Å²) in [5.41, 5.74) is 0. The van der Waals surface area contributed by atoms with Crippen molar-refractivity contribution < 1.29 is 9.47 Å². The van der Waals surface area contributed by atoms with Crippen molar-refractivity contribution in [1.29, 1.82) is 0 Å². The predicted molar refractivity (Wildman–Crippen MR) is 60.0 cm³/mol. The fraction of sp³-hybridized carbons (Fsp3) is 1.00. The quantitative estimate of drug-likeness (QED) is 0.754. The molecule has 3 nitrogen and oxygen atoms in total. The van der Waals surface area contributed by atoms with Crippen molar-refractivity contribution in [3.05, 3.63) is 0 Å². The van der Waals surface area contributed by atoms with Gasteiger partial charge in [-0.25, -0.2) is 0 Å². The molecule has 2 fully saturated rings. The summed E-state index contributed by atoms with van der Waals surface area (Å²) in [4.78, 5) is 0. The minimum atomic E-state index is 0.288. The lowest BCUT2D eigenvalue weighted by atomic mass is 9.95. The Hall–Kier alpha value is -0.120. The van der Waals surface area contributed by atoms with Gasteiger partial charge in [-0.1, -0.05) is 6.92 Å². The third kappa shape index (κ3) is 3.16. The molecule has 88 valence electrons. The summed E-state index contributed by atoms with van der Waals surface area (Å²) in [6.45, 7) is 4.95. The van der Waals surface area contributed by atoms with Gasteiger partial charge in [-0.3, -0.25) is 0 Å². The highest BCUT2D eigenvalue weighted by Gasteiger charge is 2.30. The summed E-state index contributed by atoms with van der Waals surface area (Å²) >= 11 is 0. The average Bonchev–Trinajstić information content (AvgIpc) is 2.22. The molecule has 1 aliphatic carbocycles. The number of hydrogen-bond donors (Lipinski definition) is 1. The fourth-order valence-corrected chi connectivity index (χ4v) is 2.16. The second-order valence-corrected chi connectivity index (χ2v) is 4.65. The van der Waals surface area contributed by atoms with E-state index >= 15 is 0 Å². The monoisotopic (exact) mass is 213 g/mol. The van der Waals surface area contributed by atoms with Crippen LogP contribution in [-0.2, 0) is 9.47 Å². The van der Waals surface area contributed by atoms with E-state index in [-0.39, 0.29) is 6.10 Å². The van der Waals surface area contributed by atoms with Crippen LogP contribution in [0.25, 0.3) is 0 Å². The average molecular weight is 213 g/mol. The van der Waals surface area contributed by atoms with Crippen molar-refractivity contribution in [2.24, 2.45) is 0 Å². The SMILES string of the molecule is CCCNC1CCOCC1OC1CCC1. The van der Waals surface area contributed by atoms with Gasteiger partial charge in [-0.05, 0) is 38.6 Å². The fourth-order valence-electron chi connectivity index (χ4n) is 2.16. The summed E-state index contributed by atoms with van der Waals surface area (Å²) in [5, 5.41) is 3.57. The Kier molecular flexibility index (Phi) is 4.42. The van der Waals surface area contributed by atoms with Crippen molar-refractivity contribution in [2.45, 2.75) is 57.3 Å². The molecule has 0 aromatic heterocycles. The summed E-state index contributed by atoms with van der Waals surface area (Å²) in [6.07, 6.45) is 6.92. The van der Waals surface area contributed by atoms with Crippen LogP contribution in [0.2, 0.25) is 0 Å². The molecular weight excluding hydrogens is 190 g/mol. The molecule has 3 heteroatoms. The first-order valence-electron chi connectivity index (χ1n) is 6.36. The molecule has 0 aromatic rings. The van der Waals surface area contributed by atoms with Gasteiger partial charge in [0, 0.05) is 12.6 Å². The molecule has 0 bridgehead atoms. The molecule has 1 saturated heterocycles. The van der Waals surface area contributed by atoms with Crippen LogP contribution in [-0.4, -0.2) is 38.0 Å². The molecule has 2 aliphatic rings. The van der Waals surface area contributed by atoms with Crippen molar-refractivity contribution >= 4 is 0 Å². The van der Waals surface area contributed by atoms with Crippen LogP contribution in [0, 0.1) is 0 Å². The normalized spacial score (nSPS) is 32.6. The van der Waals surface area contributed by atoms with E-state index in [0.717, 1.165) is 26.2 Å². The molecule has 0 aromatic carbocycles. The Morgan fingerprint density at radius 2 is 2.20 bits per heavy atom. The molecule has 0 spiro atoms. The molecule has 2 rings (SSSR count). The van der Waals surface area contributed by atoms with Gasteiger partial charge < -0.3 is 14.8 Å². The van der Waals surface area contributed by atoms with Gasteiger partial charge in [0.05, 0.1) is 18.8 Å². The zero-order valence-corrected chi connectivity index (χ0v) is 9.71. The third-order valence-corrected chi connectivity index (χ3v) is 3.38. The van der Waals surface area contributed by atoms with Crippen molar-refractivity contribution in [1.82, 2.24) is 5.32 Å². The van der Waals surface area contributed by atoms with Crippen molar-refractivity contribution in [3.8, 4) is 0 Å². The van der Waals surface area contributed by atoms with Crippen LogP contribution in [0.15, 0.2) is 0 Å². The Morgan fingerprint density at radius 3 is 2.87 bits per heavy atom. The Bertz CT molecular complexity index is 182. The van der Waals surface area contributed by atoms with Gasteiger partial charge in [-0.15, -0.1) is 0 Å². The van der Waals surface area contributed by atoms with Crippen LogP contribution in [0.5, 0.6) is 0 Å². The van der Waals surface area contributed by atoms with Crippen LogP contribution in [0.3, 0.4) is 0 Å². The minimum absolute atomic E-state index is 0.288. The van der Waals surface area contributed by atoms with E-state index in [4.69, 9.17) is 9.47 Å². The smallest absolute Gasteiger partial charge is 0.0965 e. The lowest BCUT2D eigenvalue weighted by Crippen LogP contribution is -2.50.